The molecule has 25 heavy (non-hydrogen) atoms. The highest BCUT2D eigenvalue weighted by molar-refractivity contribution is 7.98. The van der Waals surface area contributed by atoms with E-state index in [-0.39, 0.29) is 0 Å². The second-order valence-corrected chi connectivity index (χ2v) is 6.86. The first-order chi connectivity index (χ1) is 12.1. The normalized spacial score (nSPS) is 10.7. The third-order valence-corrected chi connectivity index (χ3v) is 4.52. The molecular formula is C19H24N4S2. The van der Waals surface area contributed by atoms with Crippen LogP contribution in [0.25, 0.3) is 0 Å². The van der Waals surface area contributed by atoms with Gasteiger partial charge in [-0.3, -0.25) is 5.43 Å². The van der Waals surface area contributed by atoms with Gasteiger partial charge >= 0.3 is 0 Å². The summed E-state index contributed by atoms with van der Waals surface area (Å²) in [5.41, 5.74) is 6.02. The van der Waals surface area contributed by atoms with Crippen LogP contribution in [0.4, 0.5) is 11.4 Å². The second kappa shape index (κ2) is 10.1. The summed E-state index contributed by atoms with van der Waals surface area (Å²) in [6.45, 7) is 3.23. The van der Waals surface area contributed by atoms with Gasteiger partial charge in [-0.25, -0.2) is 0 Å². The van der Waals surface area contributed by atoms with E-state index >= 15 is 0 Å². The molecule has 0 saturated carbocycles. The molecule has 2 N–H and O–H groups in total. The van der Waals surface area contributed by atoms with E-state index in [1.54, 1.807) is 18.0 Å². The number of hydrogen-bond donors (Lipinski definition) is 2. The van der Waals surface area contributed by atoms with Crippen molar-refractivity contribution in [2.24, 2.45) is 5.10 Å². The molecular weight excluding hydrogens is 348 g/mol. The SMILES string of the molecule is CCCN(C)c1ccc(/C=N\NC(=S)Nc2cccc(SC)c2)cc1. The topological polar surface area (TPSA) is 39.7 Å². The zero-order chi connectivity index (χ0) is 18.1. The van der Waals surface area contributed by atoms with Crippen LogP contribution in [0.3, 0.4) is 0 Å². The van der Waals surface area contributed by atoms with Crippen LogP contribution in [0, 0.1) is 0 Å². The first-order valence-corrected chi connectivity index (χ1v) is 9.81. The summed E-state index contributed by atoms with van der Waals surface area (Å²) in [6.07, 6.45) is 4.94. The Morgan fingerprint density at radius 2 is 2.00 bits per heavy atom. The van der Waals surface area contributed by atoms with Gasteiger partial charge in [0, 0.05) is 29.9 Å². The van der Waals surface area contributed by atoms with Crippen molar-refractivity contribution in [3.63, 3.8) is 0 Å². The number of anilines is 2. The minimum Gasteiger partial charge on any atom is -0.375 e. The Labute approximate surface area is 159 Å². The van der Waals surface area contributed by atoms with Crippen LogP contribution in [-0.2, 0) is 0 Å². The number of hydrogen-bond acceptors (Lipinski definition) is 4. The zero-order valence-corrected chi connectivity index (χ0v) is 16.5. The summed E-state index contributed by atoms with van der Waals surface area (Å²) in [7, 11) is 2.10. The maximum Gasteiger partial charge on any atom is 0.191 e. The minimum atomic E-state index is 0.466. The van der Waals surface area contributed by atoms with Crippen molar-refractivity contribution in [3.05, 3.63) is 54.1 Å². The van der Waals surface area contributed by atoms with Crippen molar-refractivity contribution in [2.75, 3.05) is 30.1 Å². The van der Waals surface area contributed by atoms with Crippen LogP contribution >= 0.6 is 24.0 Å². The third kappa shape index (κ3) is 6.40. The molecule has 0 bridgehead atoms. The standard InChI is InChI=1S/C19H24N4S2/c1-4-12-23(2)17-10-8-15(9-11-17)14-20-22-19(24)21-16-6-5-7-18(13-16)25-3/h5-11,13-14H,4,12H2,1-3H3,(H2,21,22,24)/b20-14-. The van der Waals surface area contributed by atoms with E-state index in [0.29, 0.717) is 5.11 Å². The van der Waals surface area contributed by atoms with Crippen LogP contribution in [0.15, 0.2) is 58.5 Å². The number of nitrogens with zero attached hydrogens (tertiary/aromatic N) is 2. The molecule has 0 aliphatic rings. The highest BCUT2D eigenvalue weighted by Gasteiger charge is 1.99. The highest BCUT2D eigenvalue weighted by Crippen LogP contribution is 2.18. The lowest BCUT2D eigenvalue weighted by Crippen LogP contribution is -2.23. The van der Waals surface area contributed by atoms with Crippen molar-refractivity contribution < 1.29 is 0 Å². The van der Waals surface area contributed by atoms with Crippen LogP contribution in [-0.4, -0.2) is 31.2 Å². The van der Waals surface area contributed by atoms with Crippen molar-refractivity contribution in [3.8, 4) is 0 Å². The quantitative estimate of drug-likeness (QED) is 0.322. The van der Waals surface area contributed by atoms with Gasteiger partial charge in [-0.1, -0.05) is 25.1 Å². The maximum atomic E-state index is 5.27. The molecule has 0 saturated heterocycles. The first-order valence-electron chi connectivity index (χ1n) is 8.17. The summed E-state index contributed by atoms with van der Waals surface area (Å²) in [4.78, 5) is 3.42. The fraction of sp³-hybridized carbons (Fsp3) is 0.263. The molecule has 6 heteroatoms. The molecule has 0 radical (unpaired) electrons. The molecule has 0 amide bonds. The molecule has 2 aromatic carbocycles. The fourth-order valence-corrected chi connectivity index (χ4v) is 2.93. The monoisotopic (exact) mass is 372 g/mol. The van der Waals surface area contributed by atoms with Gasteiger partial charge in [0.25, 0.3) is 0 Å². The maximum absolute atomic E-state index is 5.27. The number of thioether (sulfide) groups is 1. The molecule has 132 valence electrons. The second-order valence-electron chi connectivity index (χ2n) is 5.57. The summed E-state index contributed by atoms with van der Waals surface area (Å²) < 4.78 is 0. The van der Waals surface area contributed by atoms with E-state index in [4.69, 9.17) is 12.2 Å². The van der Waals surface area contributed by atoms with E-state index in [0.717, 1.165) is 24.2 Å². The van der Waals surface area contributed by atoms with Crippen molar-refractivity contribution in [1.29, 1.82) is 0 Å². The lowest BCUT2D eigenvalue weighted by Gasteiger charge is -2.18. The van der Waals surface area contributed by atoms with Gasteiger partial charge in [0.1, 0.15) is 0 Å². The van der Waals surface area contributed by atoms with E-state index in [9.17, 15) is 0 Å². The number of rotatable bonds is 7. The number of nitrogens with one attached hydrogen (secondary N) is 2. The van der Waals surface area contributed by atoms with Gasteiger partial charge in [-0.2, -0.15) is 5.10 Å². The van der Waals surface area contributed by atoms with Crippen LogP contribution in [0.2, 0.25) is 0 Å². The summed E-state index contributed by atoms with van der Waals surface area (Å²) in [6, 6.07) is 16.4. The Bertz CT molecular complexity index is 714. The molecule has 0 spiro atoms. The first kappa shape index (κ1) is 19.3. The van der Waals surface area contributed by atoms with Crippen LogP contribution in [0.5, 0.6) is 0 Å². The van der Waals surface area contributed by atoms with E-state index in [1.165, 1.54) is 10.6 Å². The molecule has 0 fully saturated rings. The molecule has 0 unspecified atom stereocenters. The molecule has 2 aromatic rings. The highest BCUT2D eigenvalue weighted by atomic mass is 32.2. The van der Waals surface area contributed by atoms with Crippen molar-refractivity contribution in [1.82, 2.24) is 5.43 Å². The molecule has 4 nitrogen and oxygen atoms in total. The molecule has 0 aromatic heterocycles. The largest absolute Gasteiger partial charge is 0.375 e. The van der Waals surface area contributed by atoms with Crippen molar-refractivity contribution >= 4 is 46.7 Å². The van der Waals surface area contributed by atoms with E-state index in [2.05, 4.69) is 52.9 Å². The molecule has 0 heterocycles. The summed E-state index contributed by atoms with van der Waals surface area (Å²) in [5.74, 6) is 0. The van der Waals surface area contributed by atoms with E-state index < -0.39 is 0 Å². The summed E-state index contributed by atoms with van der Waals surface area (Å²) >= 11 is 6.96. The summed E-state index contributed by atoms with van der Waals surface area (Å²) in [5, 5.41) is 7.79. The average molecular weight is 373 g/mol. The van der Waals surface area contributed by atoms with Gasteiger partial charge in [-0.05, 0) is 60.8 Å². The zero-order valence-electron chi connectivity index (χ0n) is 14.8. The Morgan fingerprint density at radius 1 is 1.24 bits per heavy atom. The lowest BCUT2D eigenvalue weighted by atomic mass is 10.2. The Balaban J connectivity index is 1.86. The van der Waals surface area contributed by atoms with Gasteiger partial charge < -0.3 is 10.2 Å². The van der Waals surface area contributed by atoms with Crippen molar-refractivity contribution in [2.45, 2.75) is 18.2 Å². The van der Waals surface area contributed by atoms with Gasteiger partial charge in [0.15, 0.2) is 5.11 Å². The third-order valence-electron chi connectivity index (χ3n) is 3.60. The van der Waals surface area contributed by atoms with Gasteiger partial charge in [-0.15, -0.1) is 11.8 Å². The average Bonchev–Trinajstić information content (AvgIpc) is 2.62. The smallest absolute Gasteiger partial charge is 0.191 e. The number of benzene rings is 2. The van der Waals surface area contributed by atoms with Gasteiger partial charge in [0.2, 0.25) is 0 Å². The van der Waals surface area contributed by atoms with E-state index in [1.807, 2.05) is 36.6 Å². The number of hydrazone groups is 1. The minimum absolute atomic E-state index is 0.466. The lowest BCUT2D eigenvalue weighted by molar-refractivity contribution is 0.852. The predicted molar refractivity (Wildman–Crippen MR) is 115 cm³/mol. The molecule has 0 atom stereocenters. The molecule has 0 aliphatic carbocycles. The fourth-order valence-electron chi connectivity index (χ4n) is 2.30. The Hall–Kier alpha value is -2.05. The Kier molecular flexibility index (Phi) is 7.76. The van der Waals surface area contributed by atoms with Crippen LogP contribution < -0.4 is 15.6 Å². The predicted octanol–water partition coefficient (Wildman–Crippen LogP) is 4.58. The van der Waals surface area contributed by atoms with Gasteiger partial charge in [0.05, 0.1) is 6.21 Å². The Morgan fingerprint density at radius 3 is 2.68 bits per heavy atom. The molecule has 0 aliphatic heterocycles. The molecule has 2 rings (SSSR count). The van der Waals surface area contributed by atoms with Crippen LogP contribution in [0.1, 0.15) is 18.9 Å². The number of thiocarbonyl (C=S) groups is 1.